The van der Waals surface area contributed by atoms with Crippen LogP contribution in [-0.4, -0.2) is 68.8 Å². The van der Waals surface area contributed by atoms with Crippen molar-refractivity contribution in [3.63, 3.8) is 0 Å². The Balaban J connectivity index is 1.87. The minimum Gasteiger partial charge on any atom is -0.387 e. The number of nitrogens with zero attached hydrogens (tertiary/aromatic N) is 2. The van der Waals surface area contributed by atoms with E-state index in [1.165, 1.54) is 6.26 Å². The number of β-amino-alcohol motifs (C(OH)–C–C–N with tert-alkyl or cyclic N) is 1. The highest BCUT2D eigenvalue weighted by Gasteiger charge is 2.20. The molecule has 1 atom stereocenters. The molecule has 6 heteroatoms. The third-order valence-corrected chi connectivity index (χ3v) is 5.34. The Morgan fingerprint density at radius 2 is 1.48 bits per heavy atom. The number of aliphatic hydroxyl groups is 1. The van der Waals surface area contributed by atoms with Gasteiger partial charge in [0.2, 0.25) is 0 Å². The van der Waals surface area contributed by atoms with Crippen molar-refractivity contribution >= 4 is 9.84 Å². The van der Waals surface area contributed by atoms with E-state index in [1.54, 1.807) is 24.3 Å². The van der Waals surface area contributed by atoms with Crippen LogP contribution in [0.25, 0.3) is 0 Å². The zero-order valence-corrected chi connectivity index (χ0v) is 15.1. The molecule has 1 aromatic carbocycles. The van der Waals surface area contributed by atoms with Crippen LogP contribution < -0.4 is 0 Å². The zero-order valence-electron chi connectivity index (χ0n) is 14.3. The molecule has 1 aromatic rings. The van der Waals surface area contributed by atoms with Gasteiger partial charge in [0.1, 0.15) is 0 Å². The molecule has 0 spiro atoms. The lowest BCUT2D eigenvalue weighted by Gasteiger charge is -2.36. The van der Waals surface area contributed by atoms with Crippen molar-refractivity contribution in [2.24, 2.45) is 5.92 Å². The number of aliphatic hydroxyl groups excluding tert-OH is 1. The summed E-state index contributed by atoms with van der Waals surface area (Å²) in [5, 5.41) is 10.4. The van der Waals surface area contributed by atoms with Gasteiger partial charge in [-0.3, -0.25) is 4.90 Å². The molecule has 2 rings (SSSR count). The fourth-order valence-corrected chi connectivity index (χ4v) is 3.59. The SMILES string of the molecule is CC(C)CN1CCN(CC(O)c2ccc(S(C)(=O)=O)cc2)CC1. The Kier molecular flexibility index (Phi) is 6.19. The standard InChI is InChI=1S/C17H28N2O3S/c1-14(2)12-18-8-10-19(11-9-18)13-17(20)15-4-6-16(7-5-15)23(3,21)22/h4-7,14,17,20H,8-13H2,1-3H3. The van der Waals surface area contributed by atoms with Crippen LogP contribution in [-0.2, 0) is 9.84 Å². The molecule has 1 heterocycles. The van der Waals surface area contributed by atoms with E-state index < -0.39 is 15.9 Å². The number of benzene rings is 1. The van der Waals surface area contributed by atoms with E-state index in [-0.39, 0.29) is 4.90 Å². The molecule has 1 saturated heterocycles. The lowest BCUT2D eigenvalue weighted by atomic mass is 10.1. The van der Waals surface area contributed by atoms with Crippen LogP contribution in [0, 0.1) is 5.92 Å². The van der Waals surface area contributed by atoms with Gasteiger partial charge in [-0.2, -0.15) is 0 Å². The summed E-state index contributed by atoms with van der Waals surface area (Å²) in [5.74, 6) is 0.681. The molecule has 0 aromatic heterocycles. The predicted molar refractivity (Wildman–Crippen MR) is 92.2 cm³/mol. The second-order valence-corrected chi connectivity index (χ2v) is 8.87. The van der Waals surface area contributed by atoms with E-state index in [0.29, 0.717) is 12.5 Å². The van der Waals surface area contributed by atoms with Gasteiger partial charge in [-0.1, -0.05) is 26.0 Å². The minimum absolute atomic E-state index is 0.288. The molecule has 1 fully saturated rings. The number of rotatable bonds is 6. The lowest BCUT2D eigenvalue weighted by molar-refractivity contribution is 0.0687. The van der Waals surface area contributed by atoms with Gasteiger partial charge in [0.25, 0.3) is 0 Å². The monoisotopic (exact) mass is 340 g/mol. The second-order valence-electron chi connectivity index (χ2n) is 6.85. The normalized spacial score (nSPS) is 19.2. The summed E-state index contributed by atoms with van der Waals surface area (Å²) in [7, 11) is -3.19. The van der Waals surface area contributed by atoms with Crippen molar-refractivity contribution in [1.82, 2.24) is 9.80 Å². The van der Waals surface area contributed by atoms with Crippen molar-refractivity contribution in [3.8, 4) is 0 Å². The Hall–Kier alpha value is -0.950. The Labute approximate surface area is 139 Å². The summed E-state index contributed by atoms with van der Waals surface area (Å²) in [6.07, 6.45) is 0.606. The van der Waals surface area contributed by atoms with E-state index in [2.05, 4.69) is 23.6 Å². The van der Waals surface area contributed by atoms with Gasteiger partial charge in [-0.05, 0) is 23.6 Å². The lowest BCUT2D eigenvalue weighted by Crippen LogP contribution is -2.48. The van der Waals surface area contributed by atoms with Gasteiger partial charge < -0.3 is 10.0 Å². The Bertz CT molecular complexity index is 591. The molecule has 1 aliphatic heterocycles. The van der Waals surface area contributed by atoms with Gasteiger partial charge in [-0.25, -0.2) is 8.42 Å². The van der Waals surface area contributed by atoms with E-state index in [0.717, 1.165) is 38.3 Å². The van der Waals surface area contributed by atoms with Gasteiger partial charge in [0, 0.05) is 45.5 Å². The molecule has 0 amide bonds. The Morgan fingerprint density at radius 3 is 1.91 bits per heavy atom. The molecule has 130 valence electrons. The third kappa shape index (κ3) is 5.57. The van der Waals surface area contributed by atoms with Crippen molar-refractivity contribution < 1.29 is 13.5 Å². The highest BCUT2D eigenvalue weighted by Crippen LogP contribution is 2.18. The second kappa shape index (κ2) is 7.75. The summed E-state index contributed by atoms with van der Waals surface area (Å²) in [5.41, 5.74) is 0.766. The van der Waals surface area contributed by atoms with Crippen LogP contribution in [0.15, 0.2) is 29.2 Å². The number of piperazine rings is 1. The first-order valence-electron chi connectivity index (χ1n) is 8.18. The van der Waals surface area contributed by atoms with Crippen LogP contribution in [0.1, 0.15) is 25.5 Å². The maximum absolute atomic E-state index is 11.5. The molecule has 0 aliphatic carbocycles. The van der Waals surface area contributed by atoms with Crippen molar-refractivity contribution in [1.29, 1.82) is 0 Å². The fraction of sp³-hybridized carbons (Fsp3) is 0.647. The first-order valence-corrected chi connectivity index (χ1v) is 10.1. The number of hydrogen-bond donors (Lipinski definition) is 1. The maximum atomic E-state index is 11.5. The Morgan fingerprint density at radius 1 is 1.00 bits per heavy atom. The summed E-state index contributed by atoms with van der Waals surface area (Å²) in [6, 6.07) is 6.54. The van der Waals surface area contributed by atoms with Gasteiger partial charge in [-0.15, -0.1) is 0 Å². The molecule has 0 saturated carbocycles. The largest absolute Gasteiger partial charge is 0.387 e. The summed E-state index contributed by atoms with van der Waals surface area (Å²) >= 11 is 0. The van der Waals surface area contributed by atoms with Crippen LogP contribution in [0.3, 0.4) is 0 Å². The van der Waals surface area contributed by atoms with Crippen LogP contribution in [0.2, 0.25) is 0 Å². The maximum Gasteiger partial charge on any atom is 0.175 e. The van der Waals surface area contributed by atoms with Gasteiger partial charge in [0.05, 0.1) is 11.0 Å². The van der Waals surface area contributed by atoms with E-state index in [1.807, 2.05) is 0 Å². The number of sulfone groups is 1. The summed E-state index contributed by atoms with van der Waals surface area (Å²) in [6.45, 7) is 10.2. The predicted octanol–water partition coefficient (Wildman–Crippen LogP) is 1.40. The van der Waals surface area contributed by atoms with Crippen molar-refractivity contribution in [2.45, 2.75) is 24.8 Å². The quantitative estimate of drug-likeness (QED) is 0.848. The smallest absolute Gasteiger partial charge is 0.175 e. The van der Waals surface area contributed by atoms with E-state index in [4.69, 9.17) is 0 Å². The molecule has 0 bridgehead atoms. The molecular weight excluding hydrogens is 312 g/mol. The van der Waals surface area contributed by atoms with Crippen LogP contribution >= 0.6 is 0 Å². The molecular formula is C17H28N2O3S. The van der Waals surface area contributed by atoms with Crippen LogP contribution in [0.5, 0.6) is 0 Å². The van der Waals surface area contributed by atoms with Crippen molar-refractivity contribution in [2.75, 3.05) is 45.5 Å². The summed E-state index contributed by atoms with van der Waals surface area (Å²) < 4.78 is 22.9. The minimum atomic E-state index is -3.19. The topological polar surface area (TPSA) is 60.9 Å². The molecule has 1 aliphatic rings. The molecule has 5 nitrogen and oxygen atoms in total. The van der Waals surface area contributed by atoms with E-state index >= 15 is 0 Å². The van der Waals surface area contributed by atoms with E-state index in [9.17, 15) is 13.5 Å². The van der Waals surface area contributed by atoms with Gasteiger partial charge >= 0.3 is 0 Å². The molecule has 1 unspecified atom stereocenters. The molecule has 1 N–H and O–H groups in total. The average Bonchev–Trinajstić information content (AvgIpc) is 2.48. The highest BCUT2D eigenvalue weighted by molar-refractivity contribution is 7.90. The number of hydrogen-bond acceptors (Lipinski definition) is 5. The first-order chi connectivity index (χ1) is 10.8. The highest BCUT2D eigenvalue weighted by atomic mass is 32.2. The average molecular weight is 340 g/mol. The zero-order chi connectivity index (χ0) is 17.0. The fourth-order valence-electron chi connectivity index (χ4n) is 2.96. The molecule has 0 radical (unpaired) electrons. The first kappa shape index (κ1) is 18.4. The molecule has 23 heavy (non-hydrogen) atoms. The summed E-state index contributed by atoms with van der Waals surface area (Å²) in [4.78, 5) is 5.02. The van der Waals surface area contributed by atoms with Gasteiger partial charge in [0.15, 0.2) is 9.84 Å². The van der Waals surface area contributed by atoms with Crippen molar-refractivity contribution in [3.05, 3.63) is 29.8 Å². The van der Waals surface area contributed by atoms with Crippen LogP contribution in [0.4, 0.5) is 0 Å². The third-order valence-electron chi connectivity index (χ3n) is 4.21.